The Bertz CT molecular complexity index is 619. The SMILES string of the molecule is O=C(O)c1ccnc(NCc2cccc(Br)c2)c1Cl. The molecule has 0 aliphatic carbocycles. The van der Waals surface area contributed by atoms with Crippen molar-refractivity contribution in [3.05, 3.63) is 57.2 Å². The maximum atomic E-state index is 10.9. The third-order valence-corrected chi connectivity index (χ3v) is 3.34. The standard InChI is InChI=1S/C13H10BrClN2O2/c14-9-3-1-2-8(6-9)7-17-12-11(15)10(13(18)19)4-5-16-12/h1-6H,7H2,(H,16,17)(H,18,19). The molecule has 0 saturated heterocycles. The normalized spacial score (nSPS) is 10.2. The number of hydrogen-bond acceptors (Lipinski definition) is 3. The van der Waals surface area contributed by atoms with Crippen molar-refractivity contribution in [2.24, 2.45) is 0 Å². The van der Waals surface area contributed by atoms with E-state index in [1.54, 1.807) is 0 Å². The number of anilines is 1. The number of nitrogens with one attached hydrogen (secondary N) is 1. The Morgan fingerprint density at radius 3 is 2.89 bits per heavy atom. The zero-order valence-electron chi connectivity index (χ0n) is 9.73. The van der Waals surface area contributed by atoms with Gasteiger partial charge in [-0.1, -0.05) is 39.7 Å². The second-order valence-corrected chi connectivity index (χ2v) is 5.10. The highest BCUT2D eigenvalue weighted by Crippen LogP contribution is 2.24. The van der Waals surface area contributed by atoms with Gasteiger partial charge in [0.1, 0.15) is 5.82 Å². The van der Waals surface area contributed by atoms with Gasteiger partial charge in [-0.05, 0) is 23.8 Å². The first-order valence-corrected chi connectivity index (χ1v) is 6.61. The van der Waals surface area contributed by atoms with Crippen LogP contribution in [0.4, 0.5) is 5.82 Å². The molecule has 0 aliphatic heterocycles. The zero-order valence-corrected chi connectivity index (χ0v) is 12.1. The third-order valence-electron chi connectivity index (χ3n) is 2.47. The quantitative estimate of drug-likeness (QED) is 0.888. The van der Waals surface area contributed by atoms with E-state index < -0.39 is 5.97 Å². The molecule has 2 aromatic rings. The van der Waals surface area contributed by atoms with Crippen LogP contribution in [0.1, 0.15) is 15.9 Å². The van der Waals surface area contributed by atoms with Gasteiger partial charge in [-0.3, -0.25) is 0 Å². The average molecular weight is 342 g/mol. The number of pyridine rings is 1. The summed E-state index contributed by atoms with van der Waals surface area (Å²) in [6, 6.07) is 9.13. The van der Waals surface area contributed by atoms with Crippen LogP contribution in [0, 0.1) is 0 Å². The molecular formula is C13H10BrClN2O2. The summed E-state index contributed by atoms with van der Waals surface area (Å²) in [5.74, 6) is -0.709. The van der Waals surface area contributed by atoms with Crippen LogP contribution < -0.4 is 5.32 Å². The number of carboxylic acids is 1. The minimum Gasteiger partial charge on any atom is -0.478 e. The fourth-order valence-electron chi connectivity index (χ4n) is 1.56. The third kappa shape index (κ3) is 3.45. The first-order chi connectivity index (χ1) is 9.08. The highest BCUT2D eigenvalue weighted by atomic mass is 79.9. The molecule has 6 heteroatoms. The Labute approximate surface area is 123 Å². The van der Waals surface area contributed by atoms with Gasteiger partial charge in [0.05, 0.1) is 10.6 Å². The van der Waals surface area contributed by atoms with Gasteiger partial charge >= 0.3 is 5.97 Å². The lowest BCUT2D eigenvalue weighted by atomic mass is 10.2. The maximum absolute atomic E-state index is 10.9. The topological polar surface area (TPSA) is 62.2 Å². The van der Waals surface area contributed by atoms with Crippen LogP contribution in [0.25, 0.3) is 0 Å². The van der Waals surface area contributed by atoms with E-state index in [1.165, 1.54) is 12.3 Å². The van der Waals surface area contributed by atoms with Gasteiger partial charge in [-0.25, -0.2) is 9.78 Å². The van der Waals surface area contributed by atoms with Crippen LogP contribution >= 0.6 is 27.5 Å². The van der Waals surface area contributed by atoms with Gasteiger partial charge in [-0.15, -0.1) is 0 Å². The van der Waals surface area contributed by atoms with E-state index in [0.717, 1.165) is 10.0 Å². The fourth-order valence-corrected chi connectivity index (χ4v) is 2.27. The Morgan fingerprint density at radius 2 is 2.21 bits per heavy atom. The second-order valence-electron chi connectivity index (χ2n) is 3.81. The molecule has 98 valence electrons. The first kappa shape index (κ1) is 13.8. The van der Waals surface area contributed by atoms with Gasteiger partial charge in [0.2, 0.25) is 0 Å². The van der Waals surface area contributed by atoms with Gasteiger partial charge in [0.15, 0.2) is 0 Å². The molecule has 19 heavy (non-hydrogen) atoms. The lowest BCUT2D eigenvalue weighted by molar-refractivity contribution is 0.0697. The fraction of sp³-hybridized carbons (Fsp3) is 0.0769. The lowest BCUT2D eigenvalue weighted by Crippen LogP contribution is -2.05. The van der Waals surface area contributed by atoms with E-state index >= 15 is 0 Å². The minimum atomic E-state index is -1.07. The molecule has 4 nitrogen and oxygen atoms in total. The van der Waals surface area contributed by atoms with Crippen LogP contribution in [0.15, 0.2) is 41.0 Å². The molecule has 2 N–H and O–H groups in total. The molecule has 0 fully saturated rings. The van der Waals surface area contributed by atoms with Crippen molar-refractivity contribution >= 4 is 39.3 Å². The summed E-state index contributed by atoms with van der Waals surface area (Å²) in [5, 5.41) is 12.1. The summed E-state index contributed by atoms with van der Waals surface area (Å²) >= 11 is 9.37. The van der Waals surface area contributed by atoms with Crippen LogP contribution in [-0.4, -0.2) is 16.1 Å². The molecule has 1 aromatic heterocycles. The van der Waals surface area contributed by atoms with E-state index in [1.807, 2.05) is 24.3 Å². The molecular weight excluding hydrogens is 332 g/mol. The van der Waals surface area contributed by atoms with Gasteiger partial charge in [0.25, 0.3) is 0 Å². The van der Waals surface area contributed by atoms with E-state index in [9.17, 15) is 4.79 Å². The molecule has 0 radical (unpaired) electrons. The largest absolute Gasteiger partial charge is 0.478 e. The smallest absolute Gasteiger partial charge is 0.337 e. The van der Waals surface area contributed by atoms with Crippen molar-refractivity contribution in [1.29, 1.82) is 0 Å². The van der Waals surface area contributed by atoms with E-state index in [0.29, 0.717) is 12.4 Å². The van der Waals surface area contributed by atoms with Gasteiger partial charge in [0, 0.05) is 17.2 Å². The summed E-state index contributed by atoms with van der Waals surface area (Å²) in [6.45, 7) is 0.509. The number of benzene rings is 1. The van der Waals surface area contributed by atoms with Crippen LogP contribution in [0.3, 0.4) is 0 Å². The first-order valence-electron chi connectivity index (χ1n) is 5.44. The van der Waals surface area contributed by atoms with E-state index in [-0.39, 0.29) is 10.6 Å². The molecule has 0 saturated carbocycles. The predicted octanol–water partition coefficient (Wildman–Crippen LogP) is 3.81. The molecule has 0 spiro atoms. The number of halogens is 2. The van der Waals surface area contributed by atoms with Crippen molar-refractivity contribution in [3.63, 3.8) is 0 Å². The zero-order chi connectivity index (χ0) is 13.8. The highest BCUT2D eigenvalue weighted by molar-refractivity contribution is 9.10. The van der Waals surface area contributed by atoms with Crippen LogP contribution in [-0.2, 0) is 6.54 Å². The number of rotatable bonds is 4. The van der Waals surface area contributed by atoms with Gasteiger partial charge < -0.3 is 10.4 Å². The summed E-state index contributed by atoms with van der Waals surface area (Å²) in [5.41, 5.74) is 1.07. The van der Waals surface area contributed by atoms with E-state index in [4.69, 9.17) is 16.7 Å². The van der Waals surface area contributed by atoms with Crippen molar-refractivity contribution in [1.82, 2.24) is 4.98 Å². The van der Waals surface area contributed by atoms with Gasteiger partial charge in [-0.2, -0.15) is 0 Å². The number of carboxylic acid groups (broad SMARTS) is 1. The van der Waals surface area contributed by atoms with Crippen LogP contribution in [0.5, 0.6) is 0 Å². The summed E-state index contributed by atoms with van der Waals surface area (Å²) in [4.78, 5) is 15.0. The summed E-state index contributed by atoms with van der Waals surface area (Å²) in [6.07, 6.45) is 1.42. The molecule has 1 heterocycles. The average Bonchev–Trinajstić information content (AvgIpc) is 2.37. The molecule has 0 unspecified atom stereocenters. The highest BCUT2D eigenvalue weighted by Gasteiger charge is 2.12. The Hall–Kier alpha value is -1.59. The Morgan fingerprint density at radius 1 is 1.42 bits per heavy atom. The van der Waals surface area contributed by atoms with Crippen molar-refractivity contribution in [2.75, 3.05) is 5.32 Å². The molecule has 0 amide bonds. The number of hydrogen-bond donors (Lipinski definition) is 2. The Kier molecular flexibility index (Phi) is 4.39. The van der Waals surface area contributed by atoms with E-state index in [2.05, 4.69) is 26.2 Å². The molecule has 2 rings (SSSR count). The number of aromatic carboxylic acids is 1. The van der Waals surface area contributed by atoms with Crippen molar-refractivity contribution in [2.45, 2.75) is 6.54 Å². The van der Waals surface area contributed by atoms with Crippen LogP contribution in [0.2, 0.25) is 5.02 Å². The molecule has 0 atom stereocenters. The number of aromatic nitrogens is 1. The molecule has 0 bridgehead atoms. The number of carbonyl (C=O) groups is 1. The van der Waals surface area contributed by atoms with Crippen molar-refractivity contribution < 1.29 is 9.90 Å². The predicted molar refractivity (Wildman–Crippen MR) is 77.7 cm³/mol. The lowest BCUT2D eigenvalue weighted by Gasteiger charge is -2.09. The summed E-state index contributed by atoms with van der Waals surface area (Å²) in [7, 11) is 0. The molecule has 0 aliphatic rings. The monoisotopic (exact) mass is 340 g/mol. The van der Waals surface area contributed by atoms with Crippen molar-refractivity contribution in [3.8, 4) is 0 Å². The summed E-state index contributed by atoms with van der Waals surface area (Å²) < 4.78 is 0.977. The second kappa shape index (κ2) is 6.04. The molecule has 1 aromatic carbocycles. The number of nitrogens with zero attached hydrogens (tertiary/aromatic N) is 1. The Balaban J connectivity index is 2.16. The maximum Gasteiger partial charge on any atom is 0.337 e. The minimum absolute atomic E-state index is 0.0356.